The van der Waals surface area contributed by atoms with Crippen LogP contribution >= 0.6 is 15.9 Å². The molecule has 0 aliphatic rings. The van der Waals surface area contributed by atoms with Crippen molar-refractivity contribution in [1.29, 1.82) is 0 Å². The number of benzene rings is 2. The predicted molar refractivity (Wildman–Crippen MR) is 86.3 cm³/mol. The Morgan fingerprint density at radius 3 is 2.50 bits per heavy atom. The van der Waals surface area contributed by atoms with Crippen molar-refractivity contribution in [2.45, 2.75) is 6.92 Å². The zero-order chi connectivity index (χ0) is 14.1. The van der Waals surface area contributed by atoms with Crippen LogP contribution < -0.4 is 5.73 Å². The summed E-state index contributed by atoms with van der Waals surface area (Å²) in [6.07, 6.45) is 0. The van der Waals surface area contributed by atoms with Gasteiger partial charge in [-0.25, -0.2) is 4.98 Å². The Kier molecular flexibility index (Phi) is 3.32. The Hall–Kier alpha value is -2.07. The third-order valence-corrected chi connectivity index (χ3v) is 3.69. The van der Waals surface area contributed by atoms with E-state index in [1.165, 1.54) is 0 Å². The molecule has 0 aliphatic heterocycles. The molecule has 3 aromatic rings. The van der Waals surface area contributed by atoms with E-state index in [2.05, 4.69) is 33.0 Å². The van der Waals surface area contributed by atoms with Crippen LogP contribution in [0.5, 0.6) is 0 Å². The molecule has 0 saturated carbocycles. The van der Waals surface area contributed by atoms with Crippen molar-refractivity contribution in [2.24, 2.45) is 0 Å². The first kappa shape index (κ1) is 12.9. The number of anilines is 1. The van der Waals surface area contributed by atoms with E-state index in [-0.39, 0.29) is 0 Å². The number of nitrogens with one attached hydrogen (secondary N) is 1. The van der Waals surface area contributed by atoms with E-state index >= 15 is 0 Å². The zero-order valence-corrected chi connectivity index (χ0v) is 12.6. The maximum Gasteiger partial charge on any atom is 0.138 e. The number of aromatic amines is 1. The van der Waals surface area contributed by atoms with Gasteiger partial charge in [-0.15, -0.1) is 0 Å². The first-order valence-electron chi connectivity index (χ1n) is 6.32. The normalized spacial score (nSPS) is 10.7. The molecule has 3 rings (SSSR count). The molecule has 100 valence electrons. The second-order valence-electron chi connectivity index (χ2n) is 4.69. The van der Waals surface area contributed by atoms with Crippen molar-refractivity contribution < 1.29 is 0 Å². The van der Waals surface area contributed by atoms with Gasteiger partial charge in [0.1, 0.15) is 5.82 Å². The fraction of sp³-hybridized carbons (Fsp3) is 0.0625. The minimum atomic E-state index is 0.738. The van der Waals surface area contributed by atoms with Gasteiger partial charge in [-0.3, -0.25) is 0 Å². The number of H-pyrrole nitrogens is 1. The lowest BCUT2D eigenvalue weighted by Gasteiger charge is -1.99. The number of aryl methyl sites for hydroxylation is 1. The molecule has 3 nitrogen and oxygen atoms in total. The van der Waals surface area contributed by atoms with E-state index in [4.69, 9.17) is 10.7 Å². The third-order valence-electron chi connectivity index (χ3n) is 3.16. The van der Waals surface area contributed by atoms with Crippen molar-refractivity contribution in [2.75, 3.05) is 5.73 Å². The number of imidazole rings is 1. The second-order valence-corrected chi connectivity index (χ2v) is 5.61. The van der Waals surface area contributed by atoms with Crippen LogP contribution in [0.4, 0.5) is 5.69 Å². The van der Waals surface area contributed by atoms with E-state index in [1.807, 2.05) is 43.3 Å². The van der Waals surface area contributed by atoms with Crippen LogP contribution in [-0.4, -0.2) is 9.97 Å². The summed E-state index contributed by atoms with van der Waals surface area (Å²) in [6.45, 7) is 2.03. The quantitative estimate of drug-likeness (QED) is 0.685. The SMILES string of the molecule is Cc1[nH]c(-c2cccc(N)c2)nc1-c1ccc(Br)cc1. The molecular weight excluding hydrogens is 314 g/mol. The van der Waals surface area contributed by atoms with Gasteiger partial charge in [-0.1, -0.05) is 40.2 Å². The van der Waals surface area contributed by atoms with Gasteiger partial charge in [0.15, 0.2) is 0 Å². The summed E-state index contributed by atoms with van der Waals surface area (Å²) in [4.78, 5) is 8.02. The second kappa shape index (κ2) is 5.13. The van der Waals surface area contributed by atoms with E-state index in [0.29, 0.717) is 0 Å². The number of halogens is 1. The Morgan fingerprint density at radius 1 is 1.05 bits per heavy atom. The van der Waals surface area contributed by atoms with Crippen molar-refractivity contribution in [3.63, 3.8) is 0 Å². The Balaban J connectivity index is 2.05. The lowest BCUT2D eigenvalue weighted by molar-refractivity contribution is 1.26. The molecule has 0 unspecified atom stereocenters. The molecule has 0 radical (unpaired) electrons. The molecule has 1 aromatic heterocycles. The number of nitrogens with two attached hydrogens (primary N) is 1. The van der Waals surface area contributed by atoms with Gasteiger partial charge < -0.3 is 10.7 Å². The number of nitrogens with zero attached hydrogens (tertiary/aromatic N) is 1. The topological polar surface area (TPSA) is 54.7 Å². The summed E-state index contributed by atoms with van der Waals surface area (Å²) in [5.41, 5.74) is 10.7. The molecule has 0 saturated heterocycles. The van der Waals surface area contributed by atoms with Crippen LogP contribution in [0.3, 0.4) is 0 Å². The Morgan fingerprint density at radius 2 is 1.80 bits per heavy atom. The number of hydrogen-bond acceptors (Lipinski definition) is 2. The van der Waals surface area contributed by atoms with Gasteiger partial charge in [0.2, 0.25) is 0 Å². The number of hydrogen-bond donors (Lipinski definition) is 2. The van der Waals surface area contributed by atoms with Gasteiger partial charge in [-0.2, -0.15) is 0 Å². The summed E-state index contributed by atoms with van der Waals surface area (Å²) in [6, 6.07) is 15.9. The molecule has 0 aliphatic carbocycles. The highest BCUT2D eigenvalue weighted by Crippen LogP contribution is 2.27. The third kappa shape index (κ3) is 2.47. The highest BCUT2D eigenvalue weighted by atomic mass is 79.9. The van der Waals surface area contributed by atoms with Gasteiger partial charge in [-0.05, 0) is 31.2 Å². The average molecular weight is 328 g/mol. The Bertz CT molecular complexity index is 745. The molecule has 2 aromatic carbocycles. The molecular formula is C16H14BrN3. The Labute approximate surface area is 126 Å². The molecule has 3 N–H and O–H groups in total. The van der Waals surface area contributed by atoms with Crippen molar-refractivity contribution in [1.82, 2.24) is 9.97 Å². The first-order valence-corrected chi connectivity index (χ1v) is 7.11. The van der Waals surface area contributed by atoms with Crippen LogP contribution in [0, 0.1) is 6.92 Å². The fourth-order valence-corrected chi connectivity index (χ4v) is 2.44. The highest BCUT2D eigenvalue weighted by molar-refractivity contribution is 9.10. The van der Waals surface area contributed by atoms with Gasteiger partial charge >= 0.3 is 0 Å². The monoisotopic (exact) mass is 327 g/mol. The first-order chi connectivity index (χ1) is 9.63. The summed E-state index contributed by atoms with van der Waals surface area (Å²) >= 11 is 3.44. The van der Waals surface area contributed by atoms with Crippen molar-refractivity contribution in [3.8, 4) is 22.6 Å². The minimum absolute atomic E-state index is 0.738. The molecule has 0 amide bonds. The molecule has 1 heterocycles. The number of nitrogen functional groups attached to an aromatic ring is 1. The number of rotatable bonds is 2. The summed E-state index contributed by atoms with van der Waals surface area (Å²) in [5.74, 6) is 0.840. The molecule has 0 atom stereocenters. The summed E-state index contributed by atoms with van der Waals surface area (Å²) < 4.78 is 1.06. The zero-order valence-electron chi connectivity index (χ0n) is 11.0. The molecule has 0 bridgehead atoms. The van der Waals surface area contributed by atoms with E-state index in [1.54, 1.807) is 0 Å². The fourth-order valence-electron chi connectivity index (χ4n) is 2.17. The lowest BCUT2D eigenvalue weighted by atomic mass is 10.1. The maximum atomic E-state index is 5.82. The van der Waals surface area contributed by atoms with Gasteiger partial charge in [0.05, 0.1) is 5.69 Å². The van der Waals surface area contributed by atoms with Crippen molar-refractivity contribution >= 4 is 21.6 Å². The standard InChI is InChI=1S/C16H14BrN3/c1-10-15(11-5-7-13(17)8-6-11)20-16(19-10)12-3-2-4-14(18)9-12/h2-9H,18H2,1H3,(H,19,20). The molecule has 20 heavy (non-hydrogen) atoms. The molecule has 0 fully saturated rings. The van der Waals surface area contributed by atoms with Gasteiger partial charge in [0.25, 0.3) is 0 Å². The minimum Gasteiger partial charge on any atom is -0.399 e. The van der Waals surface area contributed by atoms with Crippen LogP contribution in [0.25, 0.3) is 22.6 Å². The van der Waals surface area contributed by atoms with Gasteiger partial charge in [0, 0.05) is 27.0 Å². The largest absolute Gasteiger partial charge is 0.399 e. The average Bonchev–Trinajstić information content (AvgIpc) is 2.82. The molecule has 0 spiro atoms. The molecule has 4 heteroatoms. The predicted octanol–water partition coefficient (Wildman–Crippen LogP) is 4.40. The van der Waals surface area contributed by atoms with Crippen LogP contribution in [0.15, 0.2) is 53.0 Å². The van der Waals surface area contributed by atoms with E-state index in [9.17, 15) is 0 Å². The van der Waals surface area contributed by atoms with E-state index < -0.39 is 0 Å². The smallest absolute Gasteiger partial charge is 0.138 e. The summed E-state index contributed by atoms with van der Waals surface area (Å²) in [7, 11) is 0. The number of aromatic nitrogens is 2. The van der Waals surface area contributed by atoms with E-state index in [0.717, 1.165) is 38.5 Å². The lowest BCUT2D eigenvalue weighted by Crippen LogP contribution is -1.86. The van der Waals surface area contributed by atoms with Crippen LogP contribution in [0.1, 0.15) is 5.69 Å². The summed E-state index contributed by atoms with van der Waals surface area (Å²) in [5, 5.41) is 0. The maximum absolute atomic E-state index is 5.82. The van der Waals surface area contributed by atoms with Crippen LogP contribution in [0.2, 0.25) is 0 Å². The highest BCUT2D eigenvalue weighted by Gasteiger charge is 2.10. The van der Waals surface area contributed by atoms with Crippen molar-refractivity contribution in [3.05, 3.63) is 58.7 Å². The van der Waals surface area contributed by atoms with Crippen LogP contribution in [-0.2, 0) is 0 Å².